The zero-order chi connectivity index (χ0) is 14.3. The number of fused-ring (bicyclic) bond motifs is 3. The Morgan fingerprint density at radius 1 is 1.15 bits per heavy atom. The molecule has 0 N–H and O–H groups in total. The number of ether oxygens (including phenoxy) is 1. The van der Waals surface area contributed by atoms with E-state index < -0.39 is 0 Å². The van der Waals surface area contributed by atoms with E-state index in [-0.39, 0.29) is 18.4 Å². The molecule has 2 aromatic carbocycles. The average Bonchev–Trinajstić information content (AvgIpc) is 2.70. The highest BCUT2D eigenvalue weighted by Crippen LogP contribution is 2.40. The molecule has 1 aliphatic rings. The molecule has 0 fully saturated rings. The van der Waals surface area contributed by atoms with Crippen molar-refractivity contribution in [3.05, 3.63) is 57.6 Å². The summed E-state index contributed by atoms with van der Waals surface area (Å²) in [5, 5.41) is 0. The van der Waals surface area contributed by atoms with E-state index in [0.717, 1.165) is 21.2 Å². The molecule has 0 atom stereocenters. The second-order valence-electron chi connectivity index (χ2n) is 4.64. The molecule has 1 aliphatic carbocycles. The second-order valence-corrected chi connectivity index (χ2v) is 5.56. The Kier molecular flexibility index (Phi) is 3.18. The lowest BCUT2D eigenvalue weighted by molar-refractivity contribution is -0.142. The lowest BCUT2D eigenvalue weighted by Gasteiger charge is -2.09. The molecule has 0 aromatic heterocycles. The minimum absolute atomic E-state index is 0.00903. The quantitative estimate of drug-likeness (QED) is 0.672. The molecule has 0 saturated heterocycles. The lowest BCUT2D eigenvalue weighted by atomic mass is 10.0. The van der Waals surface area contributed by atoms with Crippen molar-refractivity contribution < 1.29 is 14.3 Å². The minimum Gasteiger partial charge on any atom is -0.461 e. The zero-order valence-electron chi connectivity index (χ0n) is 10.8. The normalized spacial score (nSPS) is 12.0. The Balaban J connectivity index is 2.16. The van der Waals surface area contributed by atoms with Gasteiger partial charge in [-0.1, -0.05) is 40.2 Å². The van der Waals surface area contributed by atoms with Gasteiger partial charge in [-0.15, -0.1) is 0 Å². The van der Waals surface area contributed by atoms with Crippen LogP contribution in [-0.2, 0) is 16.1 Å². The predicted octanol–water partition coefficient (Wildman–Crippen LogP) is 3.72. The van der Waals surface area contributed by atoms with Gasteiger partial charge in [0.05, 0.1) is 0 Å². The summed E-state index contributed by atoms with van der Waals surface area (Å²) in [4.78, 5) is 23.5. The molecular weight excluding hydrogens is 320 g/mol. The number of esters is 1. The number of hydrogen-bond donors (Lipinski definition) is 0. The van der Waals surface area contributed by atoms with E-state index in [4.69, 9.17) is 4.74 Å². The van der Waals surface area contributed by atoms with Crippen molar-refractivity contribution in [1.29, 1.82) is 0 Å². The highest BCUT2D eigenvalue weighted by atomic mass is 79.9. The molecule has 0 bridgehead atoms. The van der Waals surface area contributed by atoms with Crippen LogP contribution >= 0.6 is 15.9 Å². The SMILES string of the molecule is CC(=O)OCc1cc(Br)cc2c1C(=O)c1ccccc1-2. The molecule has 0 radical (unpaired) electrons. The minimum atomic E-state index is -0.360. The molecule has 0 unspecified atom stereocenters. The summed E-state index contributed by atoms with van der Waals surface area (Å²) < 4.78 is 5.91. The zero-order valence-corrected chi connectivity index (χ0v) is 12.4. The predicted molar refractivity (Wildman–Crippen MR) is 78.5 cm³/mol. The van der Waals surface area contributed by atoms with Crippen LogP contribution in [0.2, 0.25) is 0 Å². The molecule has 4 heteroatoms. The van der Waals surface area contributed by atoms with Crippen LogP contribution in [0.3, 0.4) is 0 Å². The van der Waals surface area contributed by atoms with E-state index in [2.05, 4.69) is 15.9 Å². The van der Waals surface area contributed by atoms with Crippen molar-refractivity contribution in [3.63, 3.8) is 0 Å². The van der Waals surface area contributed by atoms with Crippen LogP contribution in [0.15, 0.2) is 40.9 Å². The third kappa shape index (κ3) is 2.06. The Bertz CT molecular complexity index is 734. The van der Waals surface area contributed by atoms with Crippen LogP contribution in [0.4, 0.5) is 0 Å². The first-order valence-electron chi connectivity index (χ1n) is 6.18. The van der Waals surface area contributed by atoms with Gasteiger partial charge in [-0.05, 0) is 23.3 Å². The monoisotopic (exact) mass is 330 g/mol. The Morgan fingerprint density at radius 3 is 2.55 bits per heavy atom. The van der Waals surface area contributed by atoms with Gasteiger partial charge in [0, 0.05) is 28.1 Å². The summed E-state index contributed by atoms with van der Waals surface area (Å²) in [6.07, 6.45) is 0. The topological polar surface area (TPSA) is 43.4 Å². The molecule has 2 aromatic rings. The summed E-state index contributed by atoms with van der Waals surface area (Å²) in [5.74, 6) is -0.369. The molecule has 0 saturated carbocycles. The van der Waals surface area contributed by atoms with E-state index in [0.29, 0.717) is 11.1 Å². The highest BCUT2D eigenvalue weighted by Gasteiger charge is 2.29. The molecule has 100 valence electrons. The largest absolute Gasteiger partial charge is 0.461 e. The number of halogens is 1. The van der Waals surface area contributed by atoms with Crippen molar-refractivity contribution in [2.75, 3.05) is 0 Å². The first-order chi connectivity index (χ1) is 9.58. The maximum Gasteiger partial charge on any atom is 0.302 e. The van der Waals surface area contributed by atoms with Gasteiger partial charge in [-0.25, -0.2) is 0 Å². The van der Waals surface area contributed by atoms with Crippen molar-refractivity contribution in [2.24, 2.45) is 0 Å². The number of hydrogen-bond acceptors (Lipinski definition) is 3. The van der Waals surface area contributed by atoms with E-state index in [1.807, 2.05) is 36.4 Å². The van der Waals surface area contributed by atoms with Crippen LogP contribution in [0.5, 0.6) is 0 Å². The number of carbonyl (C=O) groups excluding carboxylic acids is 2. The first-order valence-corrected chi connectivity index (χ1v) is 6.97. The molecule has 20 heavy (non-hydrogen) atoms. The van der Waals surface area contributed by atoms with Crippen LogP contribution in [-0.4, -0.2) is 11.8 Å². The fourth-order valence-corrected chi connectivity index (χ4v) is 2.99. The van der Waals surface area contributed by atoms with Gasteiger partial charge < -0.3 is 4.74 Å². The Hall–Kier alpha value is -1.94. The number of carbonyl (C=O) groups is 2. The van der Waals surface area contributed by atoms with Crippen LogP contribution in [0, 0.1) is 0 Å². The summed E-state index contributed by atoms with van der Waals surface area (Å²) in [5.41, 5.74) is 3.88. The van der Waals surface area contributed by atoms with Crippen molar-refractivity contribution in [2.45, 2.75) is 13.5 Å². The van der Waals surface area contributed by atoms with Gasteiger partial charge in [0.2, 0.25) is 0 Å². The smallest absolute Gasteiger partial charge is 0.302 e. The molecule has 0 heterocycles. The number of benzene rings is 2. The standard InChI is InChI=1S/C16H11BrO3/c1-9(18)20-8-10-6-11(17)7-14-12-4-2-3-5-13(12)16(19)15(10)14/h2-7H,8H2,1H3. The average molecular weight is 331 g/mol. The molecular formula is C16H11BrO3. The van der Waals surface area contributed by atoms with E-state index in [1.54, 1.807) is 0 Å². The third-order valence-electron chi connectivity index (χ3n) is 3.30. The van der Waals surface area contributed by atoms with Crippen molar-refractivity contribution in [1.82, 2.24) is 0 Å². The summed E-state index contributed by atoms with van der Waals surface area (Å²) in [7, 11) is 0. The van der Waals surface area contributed by atoms with Gasteiger partial charge in [-0.2, -0.15) is 0 Å². The first kappa shape index (κ1) is 13.1. The Labute approximate surface area is 124 Å². The van der Waals surface area contributed by atoms with Gasteiger partial charge in [-0.3, -0.25) is 9.59 Å². The fraction of sp³-hybridized carbons (Fsp3) is 0.125. The van der Waals surface area contributed by atoms with Crippen LogP contribution in [0.1, 0.15) is 28.4 Å². The van der Waals surface area contributed by atoms with Crippen molar-refractivity contribution >= 4 is 27.7 Å². The van der Waals surface area contributed by atoms with Gasteiger partial charge >= 0.3 is 5.97 Å². The van der Waals surface area contributed by atoms with Gasteiger partial charge in [0.15, 0.2) is 5.78 Å². The van der Waals surface area contributed by atoms with E-state index in [1.165, 1.54) is 6.92 Å². The van der Waals surface area contributed by atoms with E-state index in [9.17, 15) is 9.59 Å². The highest BCUT2D eigenvalue weighted by molar-refractivity contribution is 9.10. The second kappa shape index (κ2) is 4.87. The fourth-order valence-electron chi connectivity index (χ4n) is 2.49. The molecule has 0 amide bonds. The molecule has 0 spiro atoms. The number of rotatable bonds is 2. The van der Waals surface area contributed by atoms with Crippen molar-refractivity contribution in [3.8, 4) is 11.1 Å². The summed E-state index contributed by atoms with van der Waals surface area (Å²) in [6, 6.07) is 11.3. The lowest BCUT2D eigenvalue weighted by Crippen LogP contribution is -2.05. The van der Waals surface area contributed by atoms with Crippen LogP contribution < -0.4 is 0 Å². The maximum atomic E-state index is 12.5. The summed E-state index contributed by atoms with van der Waals surface area (Å²) in [6.45, 7) is 1.46. The van der Waals surface area contributed by atoms with Crippen LogP contribution in [0.25, 0.3) is 11.1 Å². The summed E-state index contributed by atoms with van der Waals surface area (Å²) >= 11 is 3.44. The van der Waals surface area contributed by atoms with E-state index >= 15 is 0 Å². The molecule has 0 aliphatic heterocycles. The molecule has 3 nitrogen and oxygen atoms in total. The van der Waals surface area contributed by atoms with Gasteiger partial charge in [0.25, 0.3) is 0 Å². The number of ketones is 1. The maximum absolute atomic E-state index is 12.5. The molecule has 3 rings (SSSR count). The third-order valence-corrected chi connectivity index (χ3v) is 3.76. The Morgan fingerprint density at radius 2 is 1.85 bits per heavy atom. The van der Waals surface area contributed by atoms with Gasteiger partial charge in [0.1, 0.15) is 6.61 Å².